The van der Waals surface area contributed by atoms with Gasteiger partial charge in [-0.25, -0.2) is 0 Å². The molecule has 1 fully saturated rings. The van der Waals surface area contributed by atoms with Crippen molar-refractivity contribution in [1.29, 1.82) is 0 Å². The van der Waals surface area contributed by atoms with Crippen molar-refractivity contribution < 1.29 is 19.7 Å². The first kappa shape index (κ1) is 6.15. The molecule has 2 aliphatic rings. The molecule has 2 N–H and O–H groups in total. The van der Waals surface area contributed by atoms with Crippen LogP contribution in [0.5, 0.6) is 0 Å². The molecule has 0 unspecified atom stereocenters. The van der Waals surface area contributed by atoms with Crippen LogP contribution in [-0.2, 0) is 9.47 Å². The summed E-state index contributed by atoms with van der Waals surface area (Å²) < 4.78 is 10.0. The molecule has 3 atom stereocenters. The minimum Gasteiger partial charge on any atom is -0.510 e. The van der Waals surface area contributed by atoms with E-state index in [9.17, 15) is 0 Å². The Morgan fingerprint density at radius 1 is 1.60 bits per heavy atom. The smallest absolute Gasteiger partial charge is 0.191 e. The Morgan fingerprint density at radius 3 is 3.20 bits per heavy atom. The first-order valence-corrected chi connectivity index (χ1v) is 3.13. The van der Waals surface area contributed by atoms with Gasteiger partial charge >= 0.3 is 0 Å². The van der Waals surface area contributed by atoms with Gasteiger partial charge < -0.3 is 19.7 Å². The first-order valence-electron chi connectivity index (χ1n) is 3.13. The van der Waals surface area contributed by atoms with Crippen molar-refractivity contribution in [2.75, 3.05) is 6.61 Å². The maximum absolute atomic E-state index is 9.10. The van der Waals surface area contributed by atoms with E-state index in [1.807, 2.05) is 0 Å². The molecule has 0 amide bonds. The second kappa shape index (κ2) is 1.95. The number of rotatable bonds is 0. The van der Waals surface area contributed by atoms with Gasteiger partial charge in [0.05, 0.1) is 6.61 Å². The van der Waals surface area contributed by atoms with E-state index in [0.29, 0.717) is 6.61 Å². The zero-order valence-electron chi connectivity index (χ0n) is 5.23. The van der Waals surface area contributed by atoms with Crippen LogP contribution in [-0.4, -0.2) is 35.3 Å². The fraction of sp³-hybridized carbons (Fsp3) is 0.667. The van der Waals surface area contributed by atoms with Crippen LogP contribution in [0.4, 0.5) is 0 Å². The second-order valence-electron chi connectivity index (χ2n) is 2.41. The van der Waals surface area contributed by atoms with E-state index in [0.717, 1.165) is 0 Å². The normalized spacial score (nSPS) is 45.3. The number of fused-ring (bicyclic) bond motifs is 2. The Labute approximate surface area is 57.7 Å². The van der Waals surface area contributed by atoms with Crippen LogP contribution in [0, 0.1) is 0 Å². The SMILES string of the molecule is OC1=C[C@H]2CO[C@H](O2)[C@@H]1O. The van der Waals surface area contributed by atoms with Gasteiger partial charge in [-0.15, -0.1) is 0 Å². The molecule has 0 aliphatic carbocycles. The fourth-order valence-corrected chi connectivity index (χ4v) is 1.12. The van der Waals surface area contributed by atoms with Crippen molar-refractivity contribution in [3.63, 3.8) is 0 Å². The molecule has 0 aromatic rings. The molecule has 4 heteroatoms. The van der Waals surface area contributed by atoms with E-state index >= 15 is 0 Å². The molecule has 2 rings (SSSR count). The molecule has 0 spiro atoms. The number of ether oxygens (including phenoxy) is 2. The molecule has 0 aromatic carbocycles. The van der Waals surface area contributed by atoms with E-state index < -0.39 is 12.4 Å². The maximum Gasteiger partial charge on any atom is 0.191 e. The molecular formula is C6H8O4. The zero-order valence-corrected chi connectivity index (χ0v) is 5.23. The lowest BCUT2D eigenvalue weighted by Crippen LogP contribution is -2.32. The van der Waals surface area contributed by atoms with Crippen LogP contribution in [0.3, 0.4) is 0 Å². The van der Waals surface area contributed by atoms with Gasteiger partial charge in [0.1, 0.15) is 11.9 Å². The lowest BCUT2D eigenvalue weighted by Gasteiger charge is -2.20. The van der Waals surface area contributed by atoms with Crippen molar-refractivity contribution in [3.8, 4) is 0 Å². The van der Waals surface area contributed by atoms with Crippen molar-refractivity contribution in [2.24, 2.45) is 0 Å². The number of hydrogen-bond donors (Lipinski definition) is 2. The summed E-state index contributed by atoms with van der Waals surface area (Å²) in [7, 11) is 0. The maximum atomic E-state index is 9.10. The summed E-state index contributed by atoms with van der Waals surface area (Å²) in [6.07, 6.45) is -0.365. The highest BCUT2D eigenvalue weighted by Gasteiger charge is 2.37. The van der Waals surface area contributed by atoms with Crippen molar-refractivity contribution in [2.45, 2.75) is 18.5 Å². The first-order chi connectivity index (χ1) is 4.77. The molecule has 1 saturated heterocycles. The fourth-order valence-electron chi connectivity index (χ4n) is 1.12. The third-order valence-corrected chi connectivity index (χ3v) is 1.65. The van der Waals surface area contributed by atoms with Crippen LogP contribution in [0.15, 0.2) is 11.8 Å². The third-order valence-electron chi connectivity index (χ3n) is 1.65. The lowest BCUT2D eigenvalue weighted by molar-refractivity contribution is -0.131. The van der Waals surface area contributed by atoms with Crippen LogP contribution < -0.4 is 0 Å². The largest absolute Gasteiger partial charge is 0.510 e. The molecule has 0 radical (unpaired) electrons. The monoisotopic (exact) mass is 144 g/mol. The van der Waals surface area contributed by atoms with E-state index in [1.165, 1.54) is 6.08 Å². The Bertz CT molecular complexity index is 177. The molecule has 10 heavy (non-hydrogen) atoms. The standard InChI is InChI=1S/C6H8O4/c7-4-1-3-2-9-6(10-3)5(4)8/h1,3,5-8H,2H2/t3-,5+,6+/m0/s1. The number of aliphatic hydroxyl groups excluding tert-OH is 2. The van der Waals surface area contributed by atoms with Gasteiger partial charge in [0.15, 0.2) is 12.4 Å². The summed E-state index contributed by atoms with van der Waals surface area (Å²) in [6, 6.07) is 0. The van der Waals surface area contributed by atoms with Crippen LogP contribution >= 0.6 is 0 Å². The molecule has 2 bridgehead atoms. The molecule has 4 nitrogen and oxygen atoms in total. The Balaban J connectivity index is 2.25. The van der Waals surface area contributed by atoms with Gasteiger partial charge in [0, 0.05) is 0 Å². The average Bonchev–Trinajstić information content (AvgIpc) is 2.29. The van der Waals surface area contributed by atoms with E-state index in [1.54, 1.807) is 0 Å². The molecule has 2 heterocycles. The molecule has 0 aromatic heterocycles. The molecule has 2 aliphatic heterocycles. The molecule has 0 saturated carbocycles. The minimum atomic E-state index is -1.00. The van der Waals surface area contributed by atoms with Crippen LogP contribution in [0.25, 0.3) is 0 Å². The van der Waals surface area contributed by atoms with Gasteiger partial charge in [-0.05, 0) is 6.08 Å². The Kier molecular flexibility index (Phi) is 1.20. The highest BCUT2D eigenvalue weighted by molar-refractivity contribution is 5.09. The summed E-state index contributed by atoms with van der Waals surface area (Å²) >= 11 is 0. The average molecular weight is 144 g/mol. The lowest BCUT2D eigenvalue weighted by atomic mass is 10.2. The topological polar surface area (TPSA) is 58.9 Å². The summed E-state index contributed by atoms with van der Waals surface area (Å²) in [4.78, 5) is 0. The van der Waals surface area contributed by atoms with Crippen molar-refractivity contribution >= 4 is 0 Å². The quantitative estimate of drug-likeness (QED) is 0.483. The van der Waals surface area contributed by atoms with E-state index in [-0.39, 0.29) is 11.9 Å². The van der Waals surface area contributed by atoms with Gasteiger partial charge in [0.2, 0.25) is 0 Å². The van der Waals surface area contributed by atoms with Gasteiger partial charge in [-0.2, -0.15) is 0 Å². The number of aliphatic hydroxyl groups is 2. The van der Waals surface area contributed by atoms with Gasteiger partial charge in [0.25, 0.3) is 0 Å². The van der Waals surface area contributed by atoms with Crippen LogP contribution in [0.1, 0.15) is 0 Å². The van der Waals surface area contributed by atoms with Crippen molar-refractivity contribution in [3.05, 3.63) is 11.8 Å². The number of hydrogen-bond acceptors (Lipinski definition) is 4. The summed E-state index contributed by atoms with van der Waals surface area (Å²) in [6.45, 7) is 0.422. The predicted molar refractivity (Wildman–Crippen MR) is 31.3 cm³/mol. The molecular weight excluding hydrogens is 136 g/mol. The van der Waals surface area contributed by atoms with E-state index in [2.05, 4.69) is 0 Å². The zero-order chi connectivity index (χ0) is 7.14. The summed E-state index contributed by atoms with van der Waals surface area (Å²) in [5, 5.41) is 18.1. The molecule has 56 valence electrons. The van der Waals surface area contributed by atoms with Gasteiger partial charge in [-0.1, -0.05) is 0 Å². The van der Waals surface area contributed by atoms with Crippen LogP contribution in [0.2, 0.25) is 0 Å². The highest BCUT2D eigenvalue weighted by Crippen LogP contribution is 2.24. The summed E-state index contributed by atoms with van der Waals surface area (Å²) in [5.41, 5.74) is 0. The highest BCUT2D eigenvalue weighted by atomic mass is 16.7. The minimum absolute atomic E-state index is 0.0428. The predicted octanol–water partition coefficient (Wildman–Crippen LogP) is -0.456. The van der Waals surface area contributed by atoms with Gasteiger partial charge in [-0.3, -0.25) is 0 Å². The summed E-state index contributed by atoms with van der Waals surface area (Å²) in [5.74, 6) is -0.0428. The second-order valence-corrected chi connectivity index (χ2v) is 2.41. The van der Waals surface area contributed by atoms with Crippen molar-refractivity contribution in [1.82, 2.24) is 0 Å². The van der Waals surface area contributed by atoms with E-state index in [4.69, 9.17) is 19.7 Å². The third kappa shape index (κ3) is 0.733. The Hall–Kier alpha value is -0.580. The Morgan fingerprint density at radius 2 is 2.40 bits per heavy atom.